The minimum atomic E-state index is 0.574. The molecular formula is C13H19ClN2O. The van der Waals surface area contributed by atoms with Crippen molar-refractivity contribution in [1.82, 2.24) is 5.32 Å². The summed E-state index contributed by atoms with van der Waals surface area (Å²) in [4.78, 5) is 2.37. The standard InChI is InChI=1S/C13H19ClN2O/c1-15-10-4-3-7-16(9-10)11-5-6-13(17-2)12(14)8-11/h5-6,8,10,15H,3-4,7,9H2,1-2H3. The summed E-state index contributed by atoms with van der Waals surface area (Å²) >= 11 is 6.15. The van der Waals surface area contributed by atoms with Gasteiger partial charge in [0, 0.05) is 24.8 Å². The van der Waals surface area contributed by atoms with Gasteiger partial charge in [-0.2, -0.15) is 0 Å². The van der Waals surface area contributed by atoms with E-state index in [0.717, 1.165) is 18.8 Å². The highest BCUT2D eigenvalue weighted by Gasteiger charge is 2.19. The Morgan fingerprint density at radius 1 is 1.47 bits per heavy atom. The molecule has 1 atom stereocenters. The first-order chi connectivity index (χ1) is 8.24. The van der Waals surface area contributed by atoms with Gasteiger partial charge in [-0.15, -0.1) is 0 Å². The first kappa shape index (κ1) is 12.5. The molecule has 0 spiro atoms. The lowest BCUT2D eigenvalue weighted by atomic mass is 10.1. The molecule has 1 aromatic rings. The van der Waals surface area contributed by atoms with Gasteiger partial charge in [-0.1, -0.05) is 11.6 Å². The number of halogens is 1. The summed E-state index contributed by atoms with van der Waals surface area (Å²) < 4.78 is 5.17. The first-order valence-corrected chi connectivity index (χ1v) is 6.38. The lowest BCUT2D eigenvalue weighted by Crippen LogP contribution is -2.44. The Bertz CT molecular complexity index is 384. The quantitative estimate of drug-likeness (QED) is 0.897. The highest BCUT2D eigenvalue weighted by molar-refractivity contribution is 6.32. The van der Waals surface area contributed by atoms with Gasteiger partial charge in [0.15, 0.2) is 0 Å². The predicted octanol–water partition coefficient (Wildman–Crippen LogP) is 2.54. The number of piperidine rings is 1. The second kappa shape index (κ2) is 5.61. The van der Waals surface area contributed by atoms with Crippen LogP contribution in [0.4, 0.5) is 5.69 Å². The van der Waals surface area contributed by atoms with Gasteiger partial charge in [0.2, 0.25) is 0 Å². The summed E-state index contributed by atoms with van der Waals surface area (Å²) in [5.41, 5.74) is 1.18. The fourth-order valence-corrected chi connectivity index (χ4v) is 2.55. The van der Waals surface area contributed by atoms with Gasteiger partial charge in [0.1, 0.15) is 5.75 Å². The number of nitrogens with one attached hydrogen (secondary N) is 1. The molecule has 0 radical (unpaired) electrons. The highest BCUT2D eigenvalue weighted by atomic mass is 35.5. The summed E-state index contributed by atoms with van der Waals surface area (Å²) in [6.45, 7) is 2.14. The van der Waals surface area contributed by atoms with Crippen LogP contribution in [0.3, 0.4) is 0 Å². The number of hydrogen-bond acceptors (Lipinski definition) is 3. The number of rotatable bonds is 3. The number of ether oxygens (including phenoxy) is 1. The molecule has 1 unspecified atom stereocenters. The molecule has 1 N–H and O–H groups in total. The second-order valence-electron chi connectivity index (χ2n) is 4.39. The third kappa shape index (κ3) is 2.85. The molecule has 2 rings (SSSR count). The van der Waals surface area contributed by atoms with Crippen LogP contribution in [0.1, 0.15) is 12.8 Å². The number of methoxy groups -OCH3 is 1. The molecule has 1 aliphatic rings. The van der Waals surface area contributed by atoms with Gasteiger partial charge in [0.25, 0.3) is 0 Å². The Morgan fingerprint density at radius 3 is 2.94 bits per heavy atom. The zero-order valence-electron chi connectivity index (χ0n) is 10.4. The average Bonchev–Trinajstić information content (AvgIpc) is 2.38. The number of anilines is 1. The summed E-state index contributed by atoms with van der Waals surface area (Å²) in [7, 11) is 3.66. The predicted molar refractivity (Wildman–Crippen MR) is 72.3 cm³/mol. The van der Waals surface area contributed by atoms with E-state index in [-0.39, 0.29) is 0 Å². The van der Waals surface area contributed by atoms with E-state index in [1.165, 1.54) is 18.5 Å². The Morgan fingerprint density at radius 2 is 2.29 bits per heavy atom. The zero-order valence-corrected chi connectivity index (χ0v) is 11.1. The Kier molecular flexibility index (Phi) is 4.13. The summed E-state index contributed by atoms with van der Waals surface area (Å²) in [5, 5.41) is 4.02. The SMILES string of the molecule is CNC1CCCN(c2ccc(OC)c(Cl)c2)C1. The van der Waals surface area contributed by atoms with Gasteiger partial charge in [-0.05, 0) is 38.1 Å². The van der Waals surface area contributed by atoms with Crippen LogP contribution in [0.2, 0.25) is 5.02 Å². The number of likely N-dealkylation sites (N-methyl/N-ethyl adjacent to an activating group) is 1. The lowest BCUT2D eigenvalue weighted by Gasteiger charge is -2.34. The Hall–Kier alpha value is -0.930. The largest absolute Gasteiger partial charge is 0.495 e. The van der Waals surface area contributed by atoms with Crippen LogP contribution in [0.15, 0.2) is 18.2 Å². The molecule has 17 heavy (non-hydrogen) atoms. The zero-order chi connectivity index (χ0) is 12.3. The summed E-state index contributed by atoms with van der Waals surface area (Å²) in [6.07, 6.45) is 2.46. The Labute approximate surface area is 108 Å². The molecule has 0 amide bonds. The van der Waals surface area contributed by atoms with Gasteiger partial charge < -0.3 is 15.0 Å². The van der Waals surface area contributed by atoms with E-state index < -0.39 is 0 Å². The van der Waals surface area contributed by atoms with E-state index in [2.05, 4.69) is 16.3 Å². The topological polar surface area (TPSA) is 24.5 Å². The van der Waals surface area contributed by atoms with Crippen molar-refractivity contribution in [3.63, 3.8) is 0 Å². The van der Waals surface area contributed by atoms with Crippen molar-refractivity contribution >= 4 is 17.3 Å². The fraction of sp³-hybridized carbons (Fsp3) is 0.538. The lowest BCUT2D eigenvalue weighted by molar-refractivity contribution is 0.414. The van der Waals surface area contributed by atoms with E-state index in [4.69, 9.17) is 16.3 Å². The molecule has 0 aromatic heterocycles. The maximum absolute atomic E-state index is 6.15. The molecule has 94 valence electrons. The monoisotopic (exact) mass is 254 g/mol. The van der Waals surface area contributed by atoms with Crippen molar-refractivity contribution in [1.29, 1.82) is 0 Å². The molecule has 1 aliphatic heterocycles. The number of nitrogens with zero attached hydrogens (tertiary/aromatic N) is 1. The molecule has 4 heteroatoms. The summed E-state index contributed by atoms with van der Waals surface area (Å²) in [5.74, 6) is 0.734. The van der Waals surface area contributed by atoms with Gasteiger partial charge in [0.05, 0.1) is 12.1 Å². The van der Waals surface area contributed by atoms with Crippen molar-refractivity contribution in [2.75, 3.05) is 32.1 Å². The molecule has 1 heterocycles. The van der Waals surface area contributed by atoms with Crippen LogP contribution in [-0.4, -0.2) is 33.3 Å². The molecule has 0 saturated carbocycles. The van der Waals surface area contributed by atoms with Crippen LogP contribution in [0, 0.1) is 0 Å². The molecular weight excluding hydrogens is 236 g/mol. The van der Waals surface area contributed by atoms with E-state index in [9.17, 15) is 0 Å². The first-order valence-electron chi connectivity index (χ1n) is 6.00. The average molecular weight is 255 g/mol. The van der Waals surface area contributed by atoms with Crippen molar-refractivity contribution in [2.24, 2.45) is 0 Å². The Balaban J connectivity index is 2.13. The van der Waals surface area contributed by atoms with E-state index >= 15 is 0 Å². The molecule has 1 fully saturated rings. The van der Waals surface area contributed by atoms with E-state index in [1.807, 2.05) is 19.2 Å². The van der Waals surface area contributed by atoms with Crippen LogP contribution in [0.25, 0.3) is 0 Å². The number of benzene rings is 1. The smallest absolute Gasteiger partial charge is 0.137 e. The van der Waals surface area contributed by atoms with Crippen molar-refractivity contribution < 1.29 is 4.74 Å². The van der Waals surface area contributed by atoms with Crippen LogP contribution >= 0.6 is 11.6 Å². The minimum absolute atomic E-state index is 0.574. The van der Waals surface area contributed by atoms with Crippen LogP contribution in [0.5, 0.6) is 5.75 Å². The fourth-order valence-electron chi connectivity index (χ4n) is 2.30. The minimum Gasteiger partial charge on any atom is -0.495 e. The van der Waals surface area contributed by atoms with Gasteiger partial charge in [-0.25, -0.2) is 0 Å². The van der Waals surface area contributed by atoms with Crippen molar-refractivity contribution in [3.8, 4) is 5.75 Å². The van der Waals surface area contributed by atoms with Gasteiger partial charge >= 0.3 is 0 Å². The van der Waals surface area contributed by atoms with Crippen molar-refractivity contribution in [3.05, 3.63) is 23.2 Å². The highest BCUT2D eigenvalue weighted by Crippen LogP contribution is 2.30. The van der Waals surface area contributed by atoms with E-state index in [1.54, 1.807) is 7.11 Å². The van der Waals surface area contributed by atoms with E-state index in [0.29, 0.717) is 11.1 Å². The second-order valence-corrected chi connectivity index (χ2v) is 4.80. The van der Waals surface area contributed by atoms with Crippen LogP contribution < -0.4 is 15.0 Å². The molecule has 1 saturated heterocycles. The molecule has 0 bridgehead atoms. The normalized spacial score (nSPS) is 20.4. The molecule has 0 aliphatic carbocycles. The maximum atomic E-state index is 6.15. The summed E-state index contributed by atoms with van der Waals surface area (Å²) in [6, 6.07) is 6.56. The third-order valence-electron chi connectivity index (χ3n) is 3.33. The van der Waals surface area contributed by atoms with Crippen LogP contribution in [-0.2, 0) is 0 Å². The molecule has 3 nitrogen and oxygen atoms in total. The maximum Gasteiger partial charge on any atom is 0.137 e. The molecule has 1 aromatic carbocycles. The number of hydrogen-bond donors (Lipinski definition) is 1. The van der Waals surface area contributed by atoms with Crippen molar-refractivity contribution in [2.45, 2.75) is 18.9 Å². The third-order valence-corrected chi connectivity index (χ3v) is 3.63. The van der Waals surface area contributed by atoms with Gasteiger partial charge in [-0.3, -0.25) is 0 Å².